The van der Waals surface area contributed by atoms with Crippen molar-refractivity contribution in [2.75, 3.05) is 45.1 Å². The molecule has 11 heteroatoms. The van der Waals surface area contributed by atoms with Crippen LogP contribution in [0, 0.1) is 0 Å². The predicted molar refractivity (Wildman–Crippen MR) is 156 cm³/mol. The van der Waals surface area contributed by atoms with Gasteiger partial charge in [-0.3, -0.25) is 19.6 Å². The van der Waals surface area contributed by atoms with E-state index in [0.29, 0.717) is 38.3 Å². The van der Waals surface area contributed by atoms with Gasteiger partial charge in [-0.05, 0) is 76.9 Å². The first-order valence-corrected chi connectivity index (χ1v) is 14.3. The molecule has 3 amide bonds. The molecule has 1 aromatic carbocycles. The van der Waals surface area contributed by atoms with Gasteiger partial charge < -0.3 is 20.9 Å². The third kappa shape index (κ3) is 7.07. The number of likely N-dealkylation sites (N-methyl/N-ethyl adjacent to an activating group) is 1. The Balaban J connectivity index is 1.32. The molecule has 2 aromatic rings. The molecule has 1 aromatic heterocycles. The van der Waals surface area contributed by atoms with Crippen molar-refractivity contribution in [3.05, 3.63) is 52.6 Å². The Morgan fingerprint density at radius 2 is 1.65 bits per heavy atom. The Morgan fingerprint density at radius 1 is 1.02 bits per heavy atom. The lowest BCUT2D eigenvalue weighted by Gasteiger charge is -2.38. The van der Waals surface area contributed by atoms with Crippen LogP contribution in [-0.2, 0) is 11.3 Å². The van der Waals surface area contributed by atoms with Crippen molar-refractivity contribution in [3.63, 3.8) is 0 Å². The minimum Gasteiger partial charge on any atom is -0.338 e. The number of carbonyl (C=O) groups excluding carboxylic acids is 2. The minimum absolute atomic E-state index is 0.00507. The standard InChI is InChI=1S/C29H44N8O3/c1-5-34(23-12-8-22(30)9-13-23)20-21-6-10-24(11-7-21)37-15-14-25(33-28(37)40)32-27(39)36-18-16-35(17-19-36)26(38)29(2,3)31-4/h6-7,10-11,14-15,22-23,31H,5,8-9,12-13,16-20,30H2,1-4H3,(H,32,33,39,40)/t22-,23-. The number of urea groups is 1. The second-order valence-electron chi connectivity index (χ2n) is 11.3. The van der Waals surface area contributed by atoms with E-state index < -0.39 is 11.2 Å². The summed E-state index contributed by atoms with van der Waals surface area (Å²) in [7, 11) is 1.76. The van der Waals surface area contributed by atoms with Crippen LogP contribution in [0.2, 0.25) is 0 Å². The maximum Gasteiger partial charge on any atom is 0.354 e. The lowest BCUT2D eigenvalue weighted by molar-refractivity contribution is -0.138. The molecule has 2 heterocycles. The molecular formula is C29H44N8O3. The van der Waals surface area contributed by atoms with Crippen molar-refractivity contribution in [1.29, 1.82) is 0 Å². The van der Waals surface area contributed by atoms with Gasteiger partial charge in [-0.25, -0.2) is 9.59 Å². The smallest absolute Gasteiger partial charge is 0.338 e. The third-order valence-corrected chi connectivity index (χ3v) is 8.32. The summed E-state index contributed by atoms with van der Waals surface area (Å²) >= 11 is 0. The first-order chi connectivity index (χ1) is 19.1. The van der Waals surface area contributed by atoms with Crippen LogP contribution in [0.25, 0.3) is 5.69 Å². The highest BCUT2D eigenvalue weighted by Gasteiger charge is 2.33. The minimum atomic E-state index is -0.654. The van der Waals surface area contributed by atoms with Crippen LogP contribution in [0.1, 0.15) is 52.0 Å². The molecule has 0 atom stereocenters. The van der Waals surface area contributed by atoms with Gasteiger partial charge in [-0.2, -0.15) is 4.98 Å². The van der Waals surface area contributed by atoms with Gasteiger partial charge in [0.1, 0.15) is 5.82 Å². The molecule has 2 aliphatic rings. The van der Waals surface area contributed by atoms with Gasteiger partial charge in [-0.15, -0.1) is 0 Å². The maximum atomic E-state index is 12.8. The van der Waals surface area contributed by atoms with Gasteiger partial charge in [0.05, 0.1) is 11.2 Å². The SMILES string of the molecule is CCN(Cc1ccc(-n2ccc(NC(=O)N3CCN(C(=O)C(C)(C)NC)CC3)nc2=O)cc1)[C@H]1CC[C@H](N)CC1. The third-order valence-electron chi connectivity index (χ3n) is 8.32. The summed E-state index contributed by atoms with van der Waals surface area (Å²) < 4.78 is 1.47. The van der Waals surface area contributed by atoms with Gasteiger partial charge in [0.25, 0.3) is 0 Å². The fourth-order valence-electron chi connectivity index (χ4n) is 5.43. The largest absolute Gasteiger partial charge is 0.354 e. The highest BCUT2D eigenvalue weighted by Crippen LogP contribution is 2.24. The molecule has 4 rings (SSSR count). The molecule has 4 N–H and O–H groups in total. The van der Waals surface area contributed by atoms with Crippen LogP contribution in [0.15, 0.2) is 41.3 Å². The number of carbonyl (C=O) groups is 2. The summed E-state index contributed by atoms with van der Waals surface area (Å²) in [5, 5.41) is 5.74. The van der Waals surface area contributed by atoms with Crippen molar-refractivity contribution in [2.45, 2.75) is 70.6 Å². The first kappa shape index (κ1) is 29.7. The van der Waals surface area contributed by atoms with Crippen LogP contribution < -0.4 is 22.1 Å². The van der Waals surface area contributed by atoms with Crippen molar-refractivity contribution in [2.24, 2.45) is 5.73 Å². The lowest BCUT2D eigenvalue weighted by atomic mass is 9.90. The topological polar surface area (TPSA) is 129 Å². The van der Waals surface area contributed by atoms with E-state index in [4.69, 9.17) is 5.73 Å². The van der Waals surface area contributed by atoms with Gasteiger partial charge >= 0.3 is 11.7 Å². The molecule has 0 bridgehead atoms. The van der Waals surface area contributed by atoms with Crippen molar-refractivity contribution >= 4 is 17.8 Å². The molecule has 0 spiro atoms. The van der Waals surface area contributed by atoms with Crippen LogP contribution in [-0.4, -0.2) is 93.6 Å². The maximum absolute atomic E-state index is 12.8. The molecular weight excluding hydrogens is 508 g/mol. The number of hydrogen-bond acceptors (Lipinski definition) is 7. The monoisotopic (exact) mass is 552 g/mol. The summed E-state index contributed by atoms with van der Waals surface area (Å²) in [5.74, 6) is 0.203. The van der Waals surface area contributed by atoms with E-state index in [0.717, 1.165) is 44.5 Å². The first-order valence-electron chi connectivity index (χ1n) is 14.3. The summed E-state index contributed by atoms with van der Waals surface area (Å²) in [6, 6.07) is 10.1. The second kappa shape index (κ2) is 12.9. The second-order valence-corrected chi connectivity index (χ2v) is 11.3. The summed E-state index contributed by atoms with van der Waals surface area (Å²) in [5.41, 5.74) is 6.88. The Bertz CT molecular complexity index is 1210. The zero-order valence-electron chi connectivity index (χ0n) is 24.2. The average Bonchev–Trinajstić information content (AvgIpc) is 2.96. The van der Waals surface area contributed by atoms with E-state index >= 15 is 0 Å². The summed E-state index contributed by atoms with van der Waals surface area (Å²) in [6.45, 7) is 9.44. The van der Waals surface area contributed by atoms with Gasteiger partial charge in [0.15, 0.2) is 0 Å². The Labute approximate surface area is 236 Å². The molecule has 1 aliphatic carbocycles. The highest BCUT2D eigenvalue weighted by atomic mass is 16.2. The van der Waals surface area contributed by atoms with Crippen LogP contribution in [0.5, 0.6) is 0 Å². The summed E-state index contributed by atoms with van der Waals surface area (Å²) in [6.07, 6.45) is 6.07. The number of hydrogen-bond donors (Lipinski definition) is 3. The van der Waals surface area contributed by atoms with Gasteiger partial charge in [0, 0.05) is 51.0 Å². The van der Waals surface area contributed by atoms with Crippen molar-refractivity contribution in [3.8, 4) is 5.69 Å². The molecule has 1 saturated heterocycles. The number of nitrogens with two attached hydrogens (primary N) is 1. The fraction of sp³-hybridized carbons (Fsp3) is 0.586. The van der Waals surface area contributed by atoms with Crippen molar-refractivity contribution in [1.82, 2.24) is 29.6 Å². The van der Waals surface area contributed by atoms with Crippen LogP contribution >= 0.6 is 0 Å². The number of aromatic nitrogens is 2. The predicted octanol–water partition coefficient (Wildman–Crippen LogP) is 2.00. The molecule has 1 saturated carbocycles. The zero-order chi connectivity index (χ0) is 28.9. The number of nitrogens with one attached hydrogen (secondary N) is 2. The molecule has 218 valence electrons. The molecule has 2 fully saturated rings. The number of amides is 3. The number of piperazine rings is 1. The molecule has 40 heavy (non-hydrogen) atoms. The molecule has 0 radical (unpaired) electrons. The van der Waals surface area contributed by atoms with Crippen LogP contribution in [0.3, 0.4) is 0 Å². The zero-order valence-corrected chi connectivity index (χ0v) is 24.2. The van der Waals surface area contributed by atoms with E-state index in [1.54, 1.807) is 29.1 Å². The van der Waals surface area contributed by atoms with E-state index in [1.807, 2.05) is 26.0 Å². The number of nitrogens with zero attached hydrogens (tertiary/aromatic N) is 5. The Morgan fingerprint density at radius 3 is 2.23 bits per heavy atom. The van der Waals surface area contributed by atoms with Crippen molar-refractivity contribution < 1.29 is 9.59 Å². The average molecular weight is 553 g/mol. The molecule has 0 unspecified atom stereocenters. The van der Waals surface area contributed by atoms with E-state index in [1.165, 1.54) is 10.1 Å². The van der Waals surface area contributed by atoms with Gasteiger partial charge in [-0.1, -0.05) is 19.1 Å². The lowest BCUT2D eigenvalue weighted by Crippen LogP contribution is -2.58. The normalized spacial score (nSPS) is 20.1. The fourth-order valence-corrected chi connectivity index (χ4v) is 5.43. The molecule has 11 nitrogen and oxygen atoms in total. The highest BCUT2D eigenvalue weighted by molar-refractivity contribution is 5.89. The molecule has 1 aliphatic heterocycles. The van der Waals surface area contributed by atoms with E-state index in [-0.39, 0.29) is 17.8 Å². The number of rotatable bonds is 8. The number of anilines is 1. The summed E-state index contributed by atoms with van der Waals surface area (Å²) in [4.78, 5) is 48.2. The quantitative estimate of drug-likeness (QED) is 0.457. The van der Waals surface area contributed by atoms with E-state index in [2.05, 4.69) is 39.6 Å². The number of benzene rings is 1. The Kier molecular flexibility index (Phi) is 9.60. The van der Waals surface area contributed by atoms with Crippen LogP contribution in [0.4, 0.5) is 10.6 Å². The Hall–Kier alpha value is -3.28. The van der Waals surface area contributed by atoms with E-state index in [9.17, 15) is 14.4 Å². The van der Waals surface area contributed by atoms with Gasteiger partial charge in [0.2, 0.25) is 5.91 Å².